The minimum Gasteiger partial charge on any atom is -0.456 e. The van der Waals surface area contributed by atoms with Crippen molar-refractivity contribution in [3.05, 3.63) is 54.9 Å². The van der Waals surface area contributed by atoms with Crippen LogP contribution >= 0.6 is 0 Å². The minimum atomic E-state index is 0.868. The molecule has 71 valence electrons. The quantitative estimate of drug-likeness (QED) is 0.594. The Morgan fingerprint density at radius 3 is 2.80 bits per heavy atom. The van der Waals surface area contributed by atoms with Crippen LogP contribution in [0, 0.1) is 6.07 Å². The van der Waals surface area contributed by atoms with Crippen LogP contribution in [0.2, 0.25) is 0 Å². The molecular weight excluding hydrogens is 186 g/mol. The van der Waals surface area contributed by atoms with Gasteiger partial charge in [0.15, 0.2) is 0 Å². The summed E-state index contributed by atoms with van der Waals surface area (Å²) in [5.74, 6) is 0.868. The van der Waals surface area contributed by atoms with Gasteiger partial charge in [0.05, 0.1) is 0 Å². The summed E-state index contributed by atoms with van der Waals surface area (Å²) in [7, 11) is 0. The molecule has 0 spiro atoms. The van der Waals surface area contributed by atoms with Gasteiger partial charge in [0, 0.05) is 23.3 Å². The van der Waals surface area contributed by atoms with Crippen molar-refractivity contribution in [2.75, 3.05) is 0 Å². The summed E-state index contributed by atoms with van der Waals surface area (Å²) in [5, 5.41) is 1.07. The Hall–Kier alpha value is -2.09. The molecule has 2 aromatic heterocycles. The van der Waals surface area contributed by atoms with Crippen LogP contribution in [0.15, 0.2) is 53.2 Å². The molecule has 0 aliphatic carbocycles. The van der Waals surface area contributed by atoms with E-state index in [1.54, 1.807) is 12.4 Å². The van der Waals surface area contributed by atoms with Crippen molar-refractivity contribution in [1.29, 1.82) is 0 Å². The molecule has 3 rings (SSSR count). The van der Waals surface area contributed by atoms with E-state index in [4.69, 9.17) is 4.42 Å². The number of furan rings is 1. The number of fused-ring (bicyclic) bond motifs is 1. The van der Waals surface area contributed by atoms with Crippen LogP contribution in [0.3, 0.4) is 0 Å². The fourth-order valence-electron chi connectivity index (χ4n) is 1.58. The van der Waals surface area contributed by atoms with E-state index in [1.807, 2.05) is 36.4 Å². The van der Waals surface area contributed by atoms with E-state index in [1.165, 1.54) is 0 Å². The summed E-state index contributed by atoms with van der Waals surface area (Å²) in [5.41, 5.74) is 1.93. The third kappa shape index (κ3) is 1.40. The first-order valence-electron chi connectivity index (χ1n) is 4.73. The standard InChI is InChI=1S/C13H8NO/c1-2-4-12-11(3-1)9-13(15-12)10-5-7-14-8-6-10/h2-9H. The highest BCUT2D eigenvalue weighted by Gasteiger charge is 2.04. The van der Waals surface area contributed by atoms with Gasteiger partial charge in [-0.1, -0.05) is 6.07 Å². The average Bonchev–Trinajstić information content (AvgIpc) is 2.74. The summed E-state index contributed by atoms with van der Waals surface area (Å²) >= 11 is 0. The van der Waals surface area contributed by atoms with Gasteiger partial charge >= 0.3 is 0 Å². The molecule has 2 heteroatoms. The van der Waals surface area contributed by atoms with E-state index in [2.05, 4.69) is 11.1 Å². The fourth-order valence-corrected chi connectivity index (χ4v) is 1.58. The van der Waals surface area contributed by atoms with Gasteiger partial charge in [-0.2, -0.15) is 0 Å². The zero-order valence-corrected chi connectivity index (χ0v) is 7.97. The Labute approximate surface area is 87.2 Å². The summed E-state index contributed by atoms with van der Waals surface area (Å²) < 4.78 is 5.71. The Kier molecular flexibility index (Phi) is 1.78. The normalized spacial score (nSPS) is 10.7. The first-order valence-corrected chi connectivity index (χ1v) is 4.73. The zero-order chi connectivity index (χ0) is 10.1. The second kappa shape index (κ2) is 3.24. The van der Waals surface area contributed by atoms with Crippen molar-refractivity contribution in [2.45, 2.75) is 0 Å². The molecule has 0 amide bonds. The molecule has 0 unspecified atom stereocenters. The molecule has 0 saturated carbocycles. The lowest BCUT2D eigenvalue weighted by Crippen LogP contribution is -1.72. The summed E-state index contributed by atoms with van der Waals surface area (Å²) in [6.45, 7) is 0. The second-order valence-corrected chi connectivity index (χ2v) is 3.31. The van der Waals surface area contributed by atoms with Gasteiger partial charge in [-0.05, 0) is 36.4 Å². The predicted molar refractivity (Wildman–Crippen MR) is 58.3 cm³/mol. The zero-order valence-electron chi connectivity index (χ0n) is 7.97. The largest absolute Gasteiger partial charge is 0.456 e. The highest BCUT2D eigenvalue weighted by Crippen LogP contribution is 2.26. The number of benzene rings is 1. The fraction of sp³-hybridized carbons (Fsp3) is 0. The molecule has 0 N–H and O–H groups in total. The van der Waals surface area contributed by atoms with Gasteiger partial charge in [0.25, 0.3) is 0 Å². The summed E-state index contributed by atoms with van der Waals surface area (Å²) in [6.07, 6.45) is 3.52. The van der Waals surface area contributed by atoms with Crippen molar-refractivity contribution < 1.29 is 4.42 Å². The maximum absolute atomic E-state index is 5.71. The molecule has 2 heterocycles. The van der Waals surface area contributed by atoms with E-state index in [0.717, 1.165) is 22.3 Å². The lowest BCUT2D eigenvalue weighted by atomic mass is 10.2. The van der Waals surface area contributed by atoms with E-state index in [9.17, 15) is 0 Å². The summed E-state index contributed by atoms with van der Waals surface area (Å²) in [6, 6.07) is 14.6. The average molecular weight is 194 g/mol. The van der Waals surface area contributed by atoms with Gasteiger partial charge < -0.3 is 4.42 Å². The van der Waals surface area contributed by atoms with E-state index >= 15 is 0 Å². The van der Waals surface area contributed by atoms with Crippen molar-refractivity contribution in [1.82, 2.24) is 4.98 Å². The van der Waals surface area contributed by atoms with Crippen molar-refractivity contribution in [3.8, 4) is 11.3 Å². The lowest BCUT2D eigenvalue weighted by molar-refractivity contribution is 0.631. The van der Waals surface area contributed by atoms with Crippen LogP contribution in [0.5, 0.6) is 0 Å². The number of hydrogen-bond donors (Lipinski definition) is 0. The number of pyridine rings is 1. The molecule has 3 aromatic rings. The molecule has 2 nitrogen and oxygen atoms in total. The van der Waals surface area contributed by atoms with Gasteiger partial charge in [0.2, 0.25) is 0 Å². The third-order valence-electron chi connectivity index (χ3n) is 2.33. The second-order valence-electron chi connectivity index (χ2n) is 3.31. The highest BCUT2D eigenvalue weighted by atomic mass is 16.3. The van der Waals surface area contributed by atoms with Gasteiger partial charge in [-0.3, -0.25) is 4.98 Å². The van der Waals surface area contributed by atoms with E-state index in [0.29, 0.717) is 0 Å². The molecule has 0 aliphatic rings. The Morgan fingerprint density at radius 1 is 1.13 bits per heavy atom. The van der Waals surface area contributed by atoms with Crippen LogP contribution in [0.1, 0.15) is 0 Å². The topological polar surface area (TPSA) is 26.0 Å². The maximum Gasteiger partial charge on any atom is 0.135 e. The lowest BCUT2D eigenvalue weighted by Gasteiger charge is -1.92. The Bertz CT molecular complexity index is 551. The van der Waals surface area contributed by atoms with E-state index < -0.39 is 0 Å². The monoisotopic (exact) mass is 194 g/mol. The van der Waals surface area contributed by atoms with Crippen LogP contribution in [0.4, 0.5) is 0 Å². The molecular formula is C13H8NO. The first kappa shape index (κ1) is 8.24. The first-order chi connectivity index (χ1) is 7.43. The number of aromatic nitrogens is 1. The SMILES string of the molecule is [c]1ccc2oc(-c3ccncc3)cc2c1. The van der Waals surface area contributed by atoms with Crippen LogP contribution < -0.4 is 0 Å². The molecule has 0 saturated heterocycles. The molecule has 1 radical (unpaired) electrons. The van der Waals surface area contributed by atoms with Crippen molar-refractivity contribution in [3.63, 3.8) is 0 Å². The van der Waals surface area contributed by atoms with Crippen molar-refractivity contribution in [2.24, 2.45) is 0 Å². The third-order valence-corrected chi connectivity index (χ3v) is 2.33. The minimum absolute atomic E-state index is 0.868. The van der Waals surface area contributed by atoms with Crippen LogP contribution in [-0.2, 0) is 0 Å². The van der Waals surface area contributed by atoms with Gasteiger partial charge in [0.1, 0.15) is 11.3 Å². The van der Waals surface area contributed by atoms with Gasteiger partial charge in [-0.25, -0.2) is 0 Å². The van der Waals surface area contributed by atoms with Crippen LogP contribution in [0.25, 0.3) is 22.3 Å². The maximum atomic E-state index is 5.71. The molecule has 0 aliphatic heterocycles. The molecule has 15 heavy (non-hydrogen) atoms. The number of rotatable bonds is 1. The number of nitrogens with zero attached hydrogens (tertiary/aromatic N) is 1. The smallest absolute Gasteiger partial charge is 0.135 e. The molecule has 0 bridgehead atoms. The molecule has 0 fully saturated rings. The summed E-state index contributed by atoms with van der Waals surface area (Å²) in [4.78, 5) is 3.98. The Morgan fingerprint density at radius 2 is 2.00 bits per heavy atom. The van der Waals surface area contributed by atoms with Crippen LogP contribution in [-0.4, -0.2) is 4.98 Å². The van der Waals surface area contributed by atoms with Crippen molar-refractivity contribution >= 4 is 11.0 Å². The van der Waals surface area contributed by atoms with E-state index in [-0.39, 0.29) is 0 Å². The predicted octanol–water partition coefficient (Wildman–Crippen LogP) is 3.29. The Balaban J connectivity index is 2.21. The molecule has 1 aromatic carbocycles. The highest BCUT2D eigenvalue weighted by molar-refractivity contribution is 5.82. The van der Waals surface area contributed by atoms with Gasteiger partial charge in [-0.15, -0.1) is 0 Å². The molecule has 0 atom stereocenters. The number of hydrogen-bond acceptors (Lipinski definition) is 2.